The van der Waals surface area contributed by atoms with Crippen LogP contribution in [0.2, 0.25) is 0 Å². The highest BCUT2D eigenvalue weighted by Gasteiger charge is 2.23. The zero-order valence-electron chi connectivity index (χ0n) is 15.0. The molecule has 1 aliphatic rings. The summed E-state index contributed by atoms with van der Waals surface area (Å²) >= 11 is 0. The van der Waals surface area contributed by atoms with E-state index in [-0.39, 0.29) is 0 Å². The van der Waals surface area contributed by atoms with Crippen LogP contribution in [0.5, 0.6) is 5.75 Å². The summed E-state index contributed by atoms with van der Waals surface area (Å²) in [6, 6.07) is 2.23. The number of rotatable bonds is 5. The Morgan fingerprint density at radius 3 is 2.71 bits per heavy atom. The summed E-state index contributed by atoms with van der Waals surface area (Å²) < 4.78 is 5.27. The molecule has 0 radical (unpaired) electrons. The van der Waals surface area contributed by atoms with E-state index in [0.29, 0.717) is 17.4 Å². The van der Waals surface area contributed by atoms with E-state index in [1.807, 2.05) is 6.07 Å². The van der Waals surface area contributed by atoms with Crippen LogP contribution in [0.4, 0.5) is 5.82 Å². The van der Waals surface area contributed by atoms with Gasteiger partial charge >= 0.3 is 0 Å². The van der Waals surface area contributed by atoms with Gasteiger partial charge in [-0.3, -0.25) is 0 Å². The third kappa shape index (κ3) is 3.93. The molecule has 1 N–H and O–H groups in total. The van der Waals surface area contributed by atoms with Gasteiger partial charge in [-0.05, 0) is 31.2 Å². The molecular weight excluding hydrogens is 302 g/mol. The molecule has 3 heterocycles. The minimum absolute atomic E-state index is 0.298. The highest BCUT2D eigenvalue weighted by Crippen LogP contribution is 2.24. The first kappa shape index (κ1) is 16.9. The summed E-state index contributed by atoms with van der Waals surface area (Å²) in [5, 5.41) is 4.42. The van der Waals surface area contributed by atoms with Crippen LogP contribution in [0.25, 0.3) is 11.0 Å². The molecule has 3 atom stereocenters. The van der Waals surface area contributed by atoms with Gasteiger partial charge in [0.2, 0.25) is 0 Å². The maximum absolute atomic E-state index is 5.27. The van der Waals surface area contributed by atoms with Gasteiger partial charge in [0, 0.05) is 25.7 Å². The quantitative estimate of drug-likeness (QED) is 0.910. The Bertz CT molecular complexity index is 682. The summed E-state index contributed by atoms with van der Waals surface area (Å²) in [5.74, 6) is 3.08. The lowest BCUT2D eigenvalue weighted by Crippen LogP contribution is -2.43. The fourth-order valence-corrected chi connectivity index (χ4v) is 3.76. The van der Waals surface area contributed by atoms with Crippen molar-refractivity contribution in [2.24, 2.45) is 11.8 Å². The van der Waals surface area contributed by atoms with Gasteiger partial charge in [-0.25, -0.2) is 15.0 Å². The van der Waals surface area contributed by atoms with Gasteiger partial charge in [0.15, 0.2) is 5.65 Å². The Morgan fingerprint density at radius 1 is 1.25 bits per heavy atom. The molecule has 6 nitrogen and oxygen atoms in total. The molecule has 0 bridgehead atoms. The first-order valence-electron chi connectivity index (χ1n) is 8.68. The second kappa shape index (κ2) is 7.30. The van der Waals surface area contributed by atoms with Crippen molar-refractivity contribution in [1.82, 2.24) is 19.9 Å². The van der Waals surface area contributed by atoms with Crippen LogP contribution in [0.15, 0.2) is 18.6 Å². The fourth-order valence-electron chi connectivity index (χ4n) is 3.76. The molecule has 0 amide bonds. The Balaban J connectivity index is 1.72. The summed E-state index contributed by atoms with van der Waals surface area (Å²) in [6.45, 7) is 10.3. The molecular formula is C18H27N5O. The van der Waals surface area contributed by atoms with E-state index in [1.54, 1.807) is 19.6 Å². The molecule has 2 aromatic rings. The summed E-state index contributed by atoms with van der Waals surface area (Å²) in [6.07, 6.45) is 4.57. The standard InChI is InChI=1S/C18H27N5O/c1-12-5-13(2)9-23(8-12)10-14(3)22-18-16-6-15(24-4)7-19-17(16)20-11-21-18/h6-7,11-14H,5,8-10H2,1-4H3,(H,19,20,21,22). The lowest BCUT2D eigenvalue weighted by Gasteiger charge is -2.36. The zero-order valence-corrected chi connectivity index (χ0v) is 15.0. The van der Waals surface area contributed by atoms with E-state index in [1.165, 1.54) is 19.5 Å². The fraction of sp³-hybridized carbons (Fsp3) is 0.611. The van der Waals surface area contributed by atoms with Gasteiger partial charge < -0.3 is 15.0 Å². The van der Waals surface area contributed by atoms with Crippen LogP contribution in [0.1, 0.15) is 27.2 Å². The summed E-state index contributed by atoms with van der Waals surface area (Å²) in [4.78, 5) is 15.5. The van der Waals surface area contributed by atoms with Crippen LogP contribution in [-0.4, -0.2) is 52.6 Å². The summed E-state index contributed by atoms with van der Waals surface area (Å²) in [5.41, 5.74) is 0.681. The molecule has 0 saturated carbocycles. The molecule has 1 saturated heterocycles. The van der Waals surface area contributed by atoms with Gasteiger partial charge in [-0.15, -0.1) is 0 Å². The second-order valence-corrected chi connectivity index (χ2v) is 7.18. The van der Waals surface area contributed by atoms with Gasteiger partial charge in [0.25, 0.3) is 0 Å². The molecule has 3 rings (SSSR count). The number of hydrogen-bond acceptors (Lipinski definition) is 6. The van der Waals surface area contributed by atoms with Crippen molar-refractivity contribution < 1.29 is 4.74 Å². The first-order chi connectivity index (χ1) is 11.5. The van der Waals surface area contributed by atoms with E-state index in [4.69, 9.17) is 4.74 Å². The molecule has 6 heteroatoms. The van der Waals surface area contributed by atoms with Gasteiger partial charge in [-0.2, -0.15) is 0 Å². The Morgan fingerprint density at radius 2 is 2.00 bits per heavy atom. The highest BCUT2D eigenvalue weighted by molar-refractivity contribution is 5.87. The van der Waals surface area contributed by atoms with Crippen LogP contribution in [0, 0.1) is 11.8 Å². The number of ether oxygens (including phenoxy) is 1. The van der Waals surface area contributed by atoms with E-state index in [2.05, 4.69) is 45.9 Å². The predicted molar refractivity (Wildman–Crippen MR) is 96.4 cm³/mol. The molecule has 1 fully saturated rings. The number of hydrogen-bond donors (Lipinski definition) is 1. The number of piperidine rings is 1. The van der Waals surface area contributed by atoms with Crippen LogP contribution in [0.3, 0.4) is 0 Å². The Labute approximate surface area is 143 Å². The Kier molecular flexibility index (Phi) is 5.14. The number of anilines is 1. The zero-order chi connectivity index (χ0) is 17.1. The molecule has 0 aromatic carbocycles. The molecule has 0 aliphatic carbocycles. The van der Waals surface area contributed by atoms with E-state index >= 15 is 0 Å². The van der Waals surface area contributed by atoms with Gasteiger partial charge in [-0.1, -0.05) is 13.8 Å². The first-order valence-corrected chi connectivity index (χ1v) is 8.68. The number of nitrogens with one attached hydrogen (secondary N) is 1. The van der Waals surface area contributed by atoms with Crippen LogP contribution < -0.4 is 10.1 Å². The van der Waals surface area contributed by atoms with Crippen molar-refractivity contribution in [2.75, 3.05) is 32.1 Å². The lowest BCUT2D eigenvalue weighted by atomic mass is 9.92. The van der Waals surface area contributed by atoms with Crippen LogP contribution >= 0.6 is 0 Å². The maximum atomic E-state index is 5.27. The van der Waals surface area contributed by atoms with Crippen molar-refractivity contribution in [1.29, 1.82) is 0 Å². The summed E-state index contributed by atoms with van der Waals surface area (Å²) in [7, 11) is 1.64. The normalized spacial score (nSPS) is 23.2. The molecule has 130 valence electrons. The average Bonchev–Trinajstić information content (AvgIpc) is 2.53. The van der Waals surface area contributed by atoms with Crippen molar-refractivity contribution in [3.05, 3.63) is 18.6 Å². The van der Waals surface area contributed by atoms with E-state index in [9.17, 15) is 0 Å². The number of nitrogens with zero attached hydrogens (tertiary/aromatic N) is 4. The van der Waals surface area contributed by atoms with E-state index < -0.39 is 0 Å². The Hall–Kier alpha value is -1.95. The average molecular weight is 329 g/mol. The lowest BCUT2D eigenvalue weighted by molar-refractivity contribution is 0.138. The number of methoxy groups -OCH3 is 1. The topological polar surface area (TPSA) is 63.2 Å². The number of aromatic nitrogens is 3. The molecule has 24 heavy (non-hydrogen) atoms. The maximum Gasteiger partial charge on any atom is 0.164 e. The highest BCUT2D eigenvalue weighted by atomic mass is 16.5. The van der Waals surface area contributed by atoms with Crippen molar-refractivity contribution in [3.8, 4) is 5.75 Å². The molecule has 0 spiro atoms. The molecule has 2 aromatic heterocycles. The largest absolute Gasteiger partial charge is 0.495 e. The number of likely N-dealkylation sites (tertiary alicyclic amines) is 1. The second-order valence-electron chi connectivity index (χ2n) is 7.18. The molecule has 3 unspecified atom stereocenters. The number of pyridine rings is 1. The number of fused-ring (bicyclic) bond motifs is 1. The van der Waals surface area contributed by atoms with Crippen molar-refractivity contribution in [2.45, 2.75) is 33.2 Å². The third-order valence-corrected chi connectivity index (χ3v) is 4.56. The minimum atomic E-state index is 0.298. The van der Waals surface area contributed by atoms with Crippen LogP contribution in [-0.2, 0) is 0 Å². The van der Waals surface area contributed by atoms with Crippen molar-refractivity contribution in [3.63, 3.8) is 0 Å². The molecule has 1 aliphatic heterocycles. The monoisotopic (exact) mass is 329 g/mol. The SMILES string of the molecule is COc1cnc2ncnc(NC(C)CN3CC(C)CC(C)C3)c2c1. The third-order valence-electron chi connectivity index (χ3n) is 4.56. The predicted octanol–water partition coefficient (Wildman–Crippen LogP) is 2.81. The van der Waals surface area contributed by atoms with Crippen molar-refractivity contribution >= 4 is 16.9 Å². The minimum Gasteiger partial charge on any atom is -0.495 e. The smallest absolute Gasteiger partial charge is 0.164 e. The van der Waals surface area contributed by atoms with E-state index in [0.717, 1.165) is 29.6 Å². The van der Waals surface area contributed by atoms with Gasteiger partial charge in [0.05, 0.1) is 18.7 Å². The van der Waals surface area contributed by atoms with Gasteiger partial charge in [0.1, 0.15) is 17.9 Å².